The highest BCUT2D eigenvalue weighted by Crippen LogP contribution is 2.38. The third kappa shape index (κ3) is 8.35. The number of nitrogens with zero attached hydrogens (tertiary/aromatic N) is 1. The summed E-state index contributed by atoms with van der Waals surface area (Å²) in [4.78, 5) is 4.29. The van der Waals surface area contributed by atoms with Gasteiger partial charge in [0, 0.05) is 20.1 Å². The first-order valence-corrected chi connectivity index (χ1v) is 9.95. The van der Waals surface area contributed by atoms with E-state index in [1.807, 2.05) is 24.3 Å². The Morgan fingerprint density at radius 2 is 1.42 bits per heavy atom. The maximum absolute atomic E-state index is 5.73. The van der Waals surface area contributed by atoms with Gasteiger partial charge in [-0.1, -0.05) is 26.0 Å². The van der Waals surface area contributed by atoms with Crippen molar-refractivity contribution in [2.24, 2.45) is 10.9 Å². The average Bonchev–Trinajstić information content (AvgIpc) is 2.77. The van der Waals surface area contributed by atoms with Gasteiger partial charge in [0.2, 0.25) is 5.75 Å². The lowest BCUT2D eigenvalue weighted by Gasteiger charge is -2.16. The van der Waals surface area contributed by atoms with Crippen LogP contribution in [0.1, 0.15) is 25.0 Å². The highest BCUT2D eigenvalue weighted by atomic mass is 127. The molecular weight excluding hydrogens is 509 g/mol. The molecule has 2 N–H and O–H groups in total. The first kappa shape index (κ1) is 26.7. The molecule has 0 aliphatic rings. The number of ether oxygens (including phenoxy) is 4. The molecule has 8 heteroatoms. The van der Waals surface area contributed by atoms with Gasteiger partial charge in [0.15, 0.2) is 17.5 Å². The minimum atomic E-state index is 0. The summed E-state index contributed by atoms with van der Waals surface area (Å²) in [5, 5.41) is 6.62. The zero-order valence-corrected chi connectivity index (χ0v) is 21.5. The fraction of sp³-hybridized carbons (Fsp3) is 0.435. The highest BCUT2D eigenvalue weighted by Gasteiger charge is 2.13. The van der Waals surface area contributed by atoms with Gasteiger partial charge < -0.3 is 29.6 Å². The van der Waals surface area contributed by atoms with Crippen LogP contribution in [0, 0.1) is 5.92 Å². The van der Waals surface area contributed by atoms with Crippen LogP contribution in [0.3, 0.4) is 0 Å². The first-order chi connectivity index (χ1) is 14.5. The lowest BCUT2D eigenvalue weighted by molar-refractivity contribution is 0.271. The third-order valence-electron chi connectivity index (χ3n) is 4.37. The number of hydrogen-bond acceptors (Lipinski definition) is 5. The number of aliphatic imine (C=N–C) groups is 1. The summed E-state index contributed by atoms with van der Waals surface area (Å²) < 4.78 is 21.9. The van der Waals surface area contributed by atoms with E-state index < -0.39 is 0 Å². The molecule has 2 aromatic carbocycles. The smallest absolute Gasteiger partial charge is 0.203 e. The Morgan fingerprint density at radius 3 is 1.87 bits per heavy atom. The summed E-state index contributed by atoms with van der Waals surface area (Å²) in [7, 11) is 6.54. The van der Waals surface area contributed by atoms with Gasteiger partial charge in [-0.05, 0) is 41.3 Å². The van der Waals surface area contributed by atoms with Crippen LogP contribution in [0.4, 0.5) is 0 Å². The topological polar surface area (TPSA) is 73.3 Å². The Morgan fingerprint density at radius 1 is 0.871 bits per heavy atom. The minimum absolute atomic E-state index is 0. The molecule has 0 aliphatic heterocycles. The summed E-state index contributed by atoms with van der Waals surface area (Å²) in [6.07, 6.45) is 0. The molecule has 2 rings (SSSR count). The van der Waals surface area contributed by atoms with E-state index in [1.165, 1.54) is 0 Å². The average molecular weight is 543 g/mol. The van der Waals surface area contributed by atoms with Crippen LogP contribution in [0.15, 0.2) is 41.4 Å². The van der Waals surface area contributed by atoms with Crippen molar-refractivity contribution < 1.29 is 18.9 Å². The van der Waals surface area contributed by atoms with Gasteiger partial charge >= 0.3 is 0 Å². The monoisotopic (exact) mass is 543 g/mol. The van der Waals surface area contributed by atoms with Gasteiger partial charge in [-0.25, -0.2) is 0 Å². The molecule has 0 heterocycles. The molecule has 0 spiro atoms. The Bertz CT molecular complexity index is 801. The van der Waals surface area contributed by atoms with Crippen molar-refractivity contribution in [3.8, 4) is 23.0 Å². The van der Waals surface area contributed by atoms with Crippen LogP contribution < -0.4 is 29.6 Å². The van der Waals surface area contributed by atoms with Gasteiger partial charge in [-0.3, -0.25) is 4.99 Å². The SMILES string of the molecule is CN=C(NCc1ccc(OCC(C)C)cc1)NCc1cc(OC)c(OC)c(OC)c1.I. The Kier molecular flexibility index (Phi) is 11.9. The van der Waals surface area contributed by atoms with E-state index in [1.54, 1.807) is 28.4 Å². The Balaban J connectivity index is 0.00000480. The molecule has 0 radical (unpaired) electrons. The molecule has 0 aliphatic carbocycles. The zero-order valence-electron chi connectivity index (χ0n) is 19.2. The molecule has 172 valence electrons. The lowest BCUT2D eigenvalue weighted by Crippen LogP contribution is -2.36. The van der Waals surface area contributed by atoms with Crippen molar-refractivity contribution in [2.75, 3.05) is 35.0 Å². The van der Waals surface area contributed by atoms with Crippen LogP contribution in [0.2, 0.25) is 0 Å². The quantitative estimate of drug-likeness (QED) is 0.266. The van der Waals surface area contributed by atoms with Gasteiger partial charge in [-0.15, -0.1) is 24.0 Å². The van der Waals surface area contributed by atoms with E-state index in [0.717, 1.165) is 23.5 Å². The molecule has 0 atom stereocenters. The van der Waals surface area contributed by atoms with Crippen molar-refractivity contribution in [3.05, 3.63) is 47.5 Å². The molecule has 0 fully saturated rings. The fourth-order valence-corrected chi connectivity index (χ4v) is 2.80. The molecule has 0 saturated carbocycles. The Hall–Kier alpha value is -2.36. The standard InChI is InChI=1S/C23H33N3O4.HI/c1-16(2)15-30-19-9-7-17(8-10-19)13-25-23(24-3)26-14-18-11-20(27-4)22(29-6)21(12-18)28-5;/h7-12,16H,13-15H2,1-6H3,(H2,24,25,26);1H. The predicted octanol–water partition coefficient (Wildman–Crippen LogP) is 4.23. The van der Waals surface area contributed by atoms with Crippen LogP contribution in [0.25, 0.3) is 0 Å². The van der Waals surface area contributed by atoms with E-state index in [9.17, 15) is 0 Å². The highest BCUT2D eigenvalue weighted by molar-refractivity contribution is 14.0. The second-order valence-electron chi connectivity index (χ2n) is 7.16. The summed E-state index contributed by atoms with van der Waals surface area (Å²) in [5.74, 6) is 3.91. The van der Waals surface area contributed by atoms with Crippen molar-refractivity contribution in [1.29, 1.82) is 0 Å². The number of guanidine groups is 1. The van der Waals surface area contributed by atoms with Gasteiger partial charge in [0.25, 0.3) is 0 Å². The van der Waals surface area contributed by atoms with E-state index in [-0.39, 0.29) is 24.0 Å². The number of benzene rings is 2. The third-order valence-corrected chi connectivity index (χ3v) is 4.37. The van der Waals surface area contributed by atoms with E-state index in [0.29, 0.717) is 42.2 Å². The molecule has 0 saturated heterocycles. The summed E-state index contributed by atoms with van der Waals surface area (Å²) >= 11 is 0. The molecular formula is C23H34IN3O4. The van der Waals surface area contributed by atoms with Crippen molar-refractivity contribution in [1.82, 2.24) is 10.6 Å². The van der Waals surface area contributed by atoms with Gasteiger partial charge in [0.1, 0.15) is 5.75 Å². The summed E-state index contributed by atoms with van der Waals surface area (Å²) in [6.45, 7) is 6.19. The fourth-order valence-electron chi connectivity index (χ4n) is 2.80. The molecule has 0 aromatic heterocycles. The largest absolute Gasteiger partial charge is 0.493 e. The van der Waals surface area contributed by atoms with E-state index in [2.05, 4.69) is 41.6 Å². The van der Waals surface area contributed by atoms with Crippen molar-refractivity contribution >= 4 is 29.9 Å². The maximum atomic E-state index is 5.73. The summed E-state index contributed by atoms with van der Waals surface area (Å²) in [5.41, 5.74) is 2.13. The molecule has 31 heavy (non-hydrogen) atoms. The van der Waals surface area contributed by atoms with Crippen molar-refractivity contribution in [2.45, 2.75) is 26.9 Å². The molecule has 0 bridgehead atoms. The Labute approximate surface area is 202 Å². The van der Waals surface area contributed by atoms with E-state index in [4.69, 9.17) is 18.9 Å². The van der Waals surface area contributed by atoms with Crippen LogP contribution in [0.5, 0.6) is 23.0 Å². The number of hydrogen-bond donors (Lipinski definition) is 2. The lowest BCUT2D eigenvalue weighted by atomic mass is 10.2. The minimum Gasteiger partial charge on any atom is -0.493 e. The number of rotatable bonds is 10. The van der Waals surface area contributed by atoms with Gasteiger partial charge in [-0.2, -0.15) is 0 Å². The van der Waals surface area contributed by atoms with Crippen LogP contribution in [-0.2, 0) is 13.1 Å². The molecule has 0 unspecified atom stereocenters. The van der Waals surface area contributed by atoms with Crippen molar-refractivity contribution in [3.63, 3.8) is 0 Å². The summed E-state index contributed by atoms with van der Waals surface area (Å²) in [6, 6.07) is 11.9. The normalized spacial score (nSPS) is 10.9. The second kappa shape index (κ2) is 13.8. The van der Waals surface area contributed by atoms with Crippen LogP contribution >= 0.6 is 24.0 Å². The zero-order chi connectivity index (χ0) is 21.9. The molecule has 0 amide bonds. The van der Waals surface area contributed by atoms with E-state index >= 15 is 0 Å². The second-order valence-corrected chi connectivity index (χ2v) is 7.16. The number of methoxy groups -OCH3 is 3. The maximum Gasteiger partial charge on any atom is 0.203 e. The number of halogens is 1. The van der Waals surface area contributed by atoms with Crippen LogP contribution in [-0.4, -0.2) is 40.9 Å². The van der Waals surface area contributed by atoms with Gasteiger partial charge in [0.05, 0.1) is 27.9 Å². The predicted molar refractivity (Wildman–Crippen MR) is 135 cm³/mol. The number of nitrogens with one attached hydrogen (secondary N) is 2. The molecule has 7 nitrogen and oxygen atoms in total. The molecule has 2 aromatic rings. The first-order valence-electron chi connectivity index (χ1n) is 9.95.